The molecule has 0 aliphatic heterocycles. The molecule has 13 heavy (non-hydrogen) atoms. The van der Waals surface area contributed by atoms with Crippen LogP contribution in [0.1, 0.15) is 23.4 Å². The standard InChI is InChI=1S/C10H17N3/c1-7-9-5-8(6-11-2)3-4-10(9)13-12-7/h8,11H,3-6H2,1-2H3,(H,12,13). The highest BCUT2D eigenvalue weighted by atomic mass is 15.1. The van der Waals surface area contributed by atoms with Crippen molar-refractivity contribution < 1.29 is 0 Å². The Hall–Kier alpha value is -0.830. The highest BCUT2D eigenvalue weighted by molar-refractivity contribution is 5.27. The van der Waals surface area contributed by atoms with Gasteiger partial charge in [0, 0.05) is 5.69 Å². The van der Waals surface area contributed by atoms with Crippen LogP contribution in [0.5, 0.6) is 0 Å². The fourth-order valence-electron chi connectivity index (χ4n) is 2.17. The maximum atomic E-state index is 4.31. The van der Waals surface area contributed by atoms with Gasteiger partial charge >= 0.3 is 0 Å². The molecule has 0 saturated carbocycles. The van der Waals surface area contributed by atoms with Crippen LogP contribution in [0.2, 0.25) is 0 Å². The summed E-state index contributed by atoms with van der Waals surface area (Å²) in [6.45, 7) is 3.25. The van der Waals surface area contributed by atoms with E-state index in [2.05, 4.69) is 22.4 Å². The van der Waals surface area contributed by atoms with Crippen LogP contribution in [0.3, 0.4) is 0 Å². The zero-order valence-electron chi connectivity index (χ0n) is 8.35. The van der Waals surface area contributed by atoms with Crippen molar-refractivity contribution >= 4 is 0 Å². The molecule has 1 aromatic rings. The minimum Gasteiger partial charge on any atom is -0.319 e. The summed E-state index contributed by atoms with van der Waals surface area (Å²) in [5, 5.41) is 10.6. The van der Waals surface area contributed by atoms with Gasteiger partial charge in [0.15, 0.2) is 0 Å². The van der Waals surface area contributed by atoms with Crippen molar-refractivity contribution in [3.8, 4) is 0 Å². The summed E-state index contributed by atoms with van der Waals surface area (Å²) in [5.74, 6) is 0.800. The Bertz CT molecular complexity index is 290. The van der Waals surface area contributed by atoms with Crippen LogP contribution < -0.4 is 5.32 Å². The van der Waals surface area contributed by atoms with E-state index in [1.54, 1.807) is 0 Å². The van der Waals surface area contributed by atoms with Crippen molar-refractivity contribution in [2.45, 2.75) is 26.2 Å². The summed E-state index contributed by atoms with van der Waals surface area (Å²) in [6, 6.07) is 0. The second-order valence-corrected chi connectivity index (χ2v) is 3.94. The smallest absolute Gasteiger partial charge is 0.0657 e. The van der Waals surface area contributed by atoms with E-state index in [9.17, 15) is 0 Å². The van der Waals surface area contributed by atoms with Crippen LogP contribution in [0, 0.1) is 12.8 Å². The number of aromatic amines is 1. The second kappa shape index (κ2) is 3.50. The monoisotopic (exact) mass is 179 g/mol. The number of nitrogens with one attached hydrogen (secondary N) is 2. The van der Waals surface area contributed by atoms with Gasteiger partial charge in [0.2, 0.25) is 0 Å². The molecule has 3 nitrogen and oxygen atoms in total. The van der Waals surface area contributed by atoms with E-state index >= 15 is 0 Å². The summed E-state index contributed by atoms with van der Waals surface area (Å²) >= 11 is 0. The average Bonchev–Trinajstić information content (AvgIpc) is 2.49. The summed E-state index contributed by atoms with van der Waals surface area (Å²) in [5.41, 5.74) is 4.02. The fourth-order valence-corrected chi connectivity index (χ4v) is 2.17. The lowest BCUT2D eigenvalue weighted by Crippen LogP contribution is -2.24. The van der Waals surface area contributed by atoms with Crippen LogP contribution >= 0.6 is 0 Å². The number of H-pyrrole nitrogens is 1. The first-order valence-electron chi connectivity index (χ1n) is 4.98. The number of aromatic nitrogens is 2. The number of aryl methyl sites for hydroxylation is 2. The molecule has 1 aliphatic carbocycles. The molecule has 1 aromatic heterocycles. The molecule has 0 fully saturated rings. The van der Waals surface area contributed by atoms with Gasteiger partial charge in [-0.25, -0.2) is 0 Å². The quantitative estimate of drug-likeness (QED) is 0.712. The van der Waals surface area contributed by atoms with Crippen LogP contribution in [0.25, 0.3) is 0 Å². The molecule has 1 unspecified atom stereocenters. The van der Waals surface area contributed by atoms with Crippen LogP contribution in [0.4, 0.5) is 0 Å². The first-order chi connectivity index (χ1) is 6.31. The molecule has 1 atom stereocenters. The molecule has 0 radical (unpaired) electrons. The van der Waals surface area contributed by atoms with Gasteiger partial charge in [0.1, 0.15) is 0 Å². The molecule has 0 bridgehead atoms. The molecule has 0 saturated heterocycles. The Labute approximate surface area is 78.9 Å². The van der Waals surface area contributed by atoms with Crippen molar-refractivity contribution in [2.24, 2.45) is 5.92 Å². The molecule has 0 amide bonds. The number of fused-ring (bicyclic) bond motifs is 1. The van der Waals surface area contributed by atoms with E-state index in [4.69, 9.17) is 0 Å². The normalized spacial score (nSPS) is 21.5. The van der Waals surface area contributed by atoms with Crippen LogP contribution in [0.15, 0.2) is 0 Å². The van der Waals surface area contributed by atoms with Gasteiger partial charge in [-0.2, -0.15) is 5.10 Å². The van der Waals surface area contributed by atoms with E-state index in [1.165, 1.54) is 29.8 Å². The van der Waals surface area contributed by atoms with E-state index in [-0.39, 0.29) is 0 Å². The molecule has 0 aromatic carbocycles. The SMILES string of the molecule is CNCC1CCc2n[nH]c(C)c2C1. The molecule has 1 heterocycles. The topological polar surface area (TPSA) is 40.7 Å². The van der Waals surface area contributed by atoms with Gasteiger partial charge in [-0.3, -0.25) is 5.10 Å². The maximum Gasteiger partial charge on any atom is 0.0657 e. The minimum atomic E-state index is 0.800. The highest BCUT2D eigenvalue weighted by Gasteiger charge is 2.21. The Morgan fingerprint density at radius 3 is 3.23 bits per heavy atom. The van der Waals surface area contributed by atoms with E-state index in [0.717, 1.165) is 18.9 Å². The Morgan fingerprint density at radius 2 is 2.46 bits per heavy atom. The third-order valence-corrected chi connectivity index (χ3v) is 2.93. The van der Waals surface area contributed by atoms with Gasteiger partial charge in [0.05, 0.1) is 5.69 Å². The van der Waals surface area contributed by atoms with Gasteiger partial charge in [-0.15, -0.1) is 0 Å². The number of rotatable bonds is 2. The van der Waals surface area contributed by atoms with Crippen molar-refractivity contribution in [1.82, 2.24) is 15.5 Å². The van der Waals surface area contributed by atoms with Gasteiger partial charge in [-0.1, -0.05) is 0 Å². The Balaban J connectivity index is 2.13. The number of hydrogen-bond acceptors (Lipinski definition) is 2. The predicted molar refractivity (Wildman–Crippen MR) is 52.8 cm³/mol. The van der Waals surface area contributed by atoms with Gasteiger partial charge in [-0.05, 0) is 51.3 Å². The van der Waals surface area contributed by atoms with E-state index < -0.39 is 0 Å². The average molecular weight is 179 g/mol. The third kappa shape index (κ3) is 1.61. The lowest BCUT2D eigenvalue weighted by Gasteiger charge is -2.21. The zero-order chi connectivity index (χ0) is 9.26. The summed E-state index contributed by atoms with van der Waals surface area (Å²) in [4.78, 5) is 0. The Kier molecular flexibility index (Phi) is 2.36. The molecule has 0 spiro atoms. The zero-order valence-corrected chi connectivity index (χ0v) is 8.35. The maximum absolute atomic E-state index is 4.31. The third-order valence-electron chi connectivity index (χ3n) is 2.93. The van der Waals surface area contributed by atoms with E-state index in [1.807, 2.05) is 7.05 Å². The summed E-state index contributed by atoms with van der Waals surface area (Å²) in [6.07, 6.45) is 3.61. The van der Waals surface area contributed by atoms with Crippen molar-refractivity contribution in [3.63, 3.8) is 0 Å². The van der Waals surface area contributed by atoms with Crippen molar-refractivity contribution in [2.75, 3.05) is 13.6 Å². The van der Waals surface area contributed by atoms with Gasteiger partial charge < -0.3 is 5.32 Å². The summed E-state index contributed by atoms with van der Waals surface area (Å²) in [7, 11) is 2.03. The minimum absolute atomic E-state index is 0.800. The molecule has 2 rings (SSSR count). The molecular formula is C10H17N3. The van der Waals surface area contributed by atoms with Crippen molar-refractivity contribution in [3.05, 3.63) is 17.0 Å². The lowest BCUT2D eigenvalue weighted by atomic mass is 9.86. The molecule has 2 N–H and O–H groups in total. The first kappa shape index (κ1) is 8.75. The molecular weight excluding hydrogens is 162 g/mol. The number of hydrogen-bond donors (Lipinski definition) is 2. The highest BCUT2D eigenvalue weighted by Crippen LogP contribution is 2.25. The predicted octanol–water partition coefficient (Wildman–Crippen LogP) is 1.04. The van der Waals surface area contributed by atoms with Gasteiger partial charge in [0.25, 0.3) is 0 Å². The molecule has 3 heteroatoms. The van der Waals surface area contributed by atoms with Crippen LogP contribution in [-0.4, -0.2) is 23.8 Å². The lowest BCUT2D eigenvalue weighted by molar-refractivity contribution is 0.437. The molecule has 1 aliphatic rings. The van der Waals surface area contributed by atoms with E-state index in [0.29, 0.717) is 0 Å². The van der Waals surface area contributed by atoms with Crippen LogP contribution in [-0.2, 0) is 12.8 Å². The largest absolute Gasteiger partial charge is 0.319 e. The fraction of sp³-hybridized carbons (Fsp3) is 0.700. The Morgan fingerprint density at radius 1 is 1.62 bits per heavy atom. The molecule has 72 valence electrons. The van der Waals surface area contributed by atoms with Crippen molar-refractivity contribution in [1.29, 1.82) is 0 Å². The number of nitrogens with zero attached hydrogens (tertiary/aromatic N) is 1. The second-order valence-electron chi connectivity index (χ2n) is 3.94. The first-order valence-corrected chi connectivity index (χ1v) is 4.98. The summed E-state index contributed by atoms with van der Waals surface area (Å²) < 4.78 is 0.